The molecule has 0 amide bonds. The molecule has 0 aromatic heterocycles. The third-order valence-electron chi connectivity index (χ3n) is 2.25. The van der Waals surface area contributed by atoms with E-state index >= 15 is 0 Å². The molecule has 0 saturated carbocycles. The van der Waals surface area contributed by atoms with E-state index in [4.69, 9.17) is 28.3 Å². The Bertz CT molecular complexity index is 425. The Morgan fingerprint density at radius 1 is 1.35 bits per heavy atom. The van der Waals surface area contributed by atoms with Gasteiger partial charge < -0.3 is 9.84 Å². The first kappa shape index (κ1) is 13.8. The Kier molecular flexibility index (Phi) is 4.78. The molecule has 1 unspecified atom stereocenters. The first-order chi connectivity index (χ1) is 7.97. The molecule has 0 aliphatic carbocycles. The third kappa shape index (κ3) is 3.35. The molecule has 0 aliphatic heterocycles. The molecule has 0 fully saturated rings. The Balaban J connectivity index is 3.02. The van der Waals surface area contributed by atoms with Gasteiger partial charge in [0.05, 0.1) is 7.11 Å². The van der Waals surface area contributed by atoms with Gasteiger partial charge in [-0.1, -0.05) is 29.3 Å². The molecule has 17 heavy (non-hydrogen) atoms. The number of carboxylic acid groups (broad SMARTS) is 1. The number of benzene rings is 1. The number of rotatable bonds is 4. The summed E-state index contributed by atoms with van der Waals surface area (Å²) in [6, 6.07) is 4.81. The van der Waals surface area contributed by atoms with E-state index in [1.54, 1.807) is 18.2 Å². The molecule has 1 rings (SSSR count). The monoisotopic (exact) mass is 276 g/mol. The summed E-state index contributed by atoms with van der Waals surface area (Å²) in [4.78, 5) is 22.2. The SMILES string of the molecule is COC(=O)C(Cc1c(Cl)cccc1Cl)C(=O)O. The van der Waals surface area contributed by atoms with Gasteiger partial charge in [0.2, 0.25) is 0 Å². The van der Waals surface area contributed by atoms with Crippen molar-refractivity contribution in [2.45, 2.75) is 6.42 Å². The van der Waals surface area contributed by atoms with Crippen molar-refractivity contribution < 1.29 is 19.4 Å². The molecule has 0 bridgehead atoms. The van der Waals surface area contributed by atoms with Crippen molar-refractivity contribution >= 4 is 35.1 Å². The van der Waals surface area contributed by atoms with Crippen LogP contribution >= 0.6 is 23.2 Å². The van der Waals surface area contributed by atoms with Crippen LogP contribution in [0.3, 0.4) is 0 Å². The van der Waals surface area contributed by atoms with Crippen LogP contribution in [0.15, 0.2) is 18.2 Å². The normalized spacial score (nSPS) is 11.9. The van der Waals surface area contributed by atoms with E-state index in [1.165, 1.54) is 0 Å². The lowest BCUT2D eigenvalue weighted by Gasteiger charge is -2.12. The van der Waals surface area contributed by atoms with Gasteiger partial charge in [-0.3, -0.25) is 9.59 Å². The fourth-order valence-corrected chi connectivity index (χ4v) is 1.90. The highest BCUT2D eigenvalue weighted by Crippen LogP contribution is 2.27. The van der Waals surface area contributed by atoms with Crippen LogP contribution in [0.5, 0.6) is 0 Å². The Morgan fingerprint density at radius 2 is 1.88 bits per heavy atom. The lowest BCUT2D eigenvalue weighted by atomic mass is 9.99. The predicted octanol–water partition coefficient (Wildman–Crippen LogP) is 2.41. The van der Waals surface area contributed by atoms with Crippen LogP contribution in [0.25, 0.3) is 0 Å². The second kappa shape index (κ2) is 5.89. The minimum Gasteiger partial charge on any atom is -0.481 e. The van der Waals surface area contributed by atoms with Gasteiger partial charge in [-0.05, 0) is 24.1 Å². The molecule has 1 N–H and O–H groups in total. The van der Waals surface area contributed by atoms with E-state index in [1.807, 2.05) is 0 Å². The number of carboxylic acids is 1. The topological polar surface area (TPSA) is 63.6 Å². The summed E-state index contributed by atoms with van der Waals surface area (Å²) in [6.45, 7) is 0. The van der Waals surface area contributed by atoms with Crippen LogP contribution in [0.4, 0.5) is 0 Å². The zero-order valence-corrected chi connectivity index (χ0v) is 10.5. The molecule has 4 nitrogen and oxygen atoms in total. The van der Waals surface area contributed by atoms with Gasteiger partial charge in [-0.2, -0.15) is 0 Å². The summed E-state index contributed by atoms with van der Waals surface area (Å²) < 4.78 is 4.42. The summed E-state index contributed by atoms with van der Waals surface area (Å²) in [7, 11) is 1.13. The van der Waals surface area contributed by atoms with Crippen molar-refractivity contribution in [3.05, 3.63) is 33.8 Å². The molecule has 92 valence electrons. The van der Waals surface area contributed by atoms with E-state index < -0.39 is 17.9 Å². The van der Waals surface area contributed by atoms with E-state index in [0.29, 0.717) is 15.6 Å². The number of aliphatic carboxylic acids is 1. The van der Waals surface area contributed by atoms with Gasteiger partial charge in [0.25, 0.3) is 0 Å². The second-order valence-corrected chi connectivity index (χ2v) is 4.13. The lowest BCUT2D eigenvalue weighted by molar-refractivity contribution is -0.156. The van der Waals surface area contributed by atoms with Crippen LogP contribution in [-0.2, 0) is 20.7 Å². The number of carbonyl (C=O) groups excluding carboxylic acids is 1. The van der Waals surface area contributed by atoms with Gasteiger partial charge >= 0.3 is 11.9 Å². The number of hydrogen-bond donors (Lipinski definition) is 1. The van der Waals surface area contributed by atoms with Crippen LogP contribution < -0.4 is 0 Å². The van der Waals surface area contributed by atoms with Crippen molar-refractivity contribution in [1.82, 2.24) is 0 Å². The molecule has 0 heterocycles. The van der Waals surface area contributed by atoms with Crippen LogP contribution in [-0.4, -0.2) is 24.2 Å². The largest absolute Gasteiger partial charge is 0.481 e. The summed E-state index contributed by atoms with van der Waals surface area (Å²) in [5, 5.41) is 9.58. The Morgan fingerprint density at radius 3 is 2.29 bits per heavy atom. The molecule has 0 radical (unpaired) electrons. The van der Waals surface area contributed by atoms with Crippen LogP contribution in [0, 0.1) is 5.92 Å². The highest BCUT2D eigenvalue weighted by Gasteiger charge is 2.29. The van der Waals surface area contributed by atoms with Crippen molar-refractivity contribution in [1.29, 1.82) is 0 Å². The Labute approximate surface area is 108 Å². The number of esters is 1. The van der Waals surface area contributed by atoms with E-state index in [-0.39, 0.29) is 6.42 Å². The molecule has 6 heteroatoms. The molecular weight excluding hydrogens is 267 g/mol. The van der Waals surface area contributed by atoms with Gasteiger partial charge in [-0.25, -0.2) is 0 Å². The van der Waals surface area contributed by atoms with Gasteiger partial charge in [0, 0.05) is 10.0 Å². The molecular formula is C11H10Cl2O4. The minimum atomic E-state index is -1.31. The number of hydrogen-bond acceptors (Lipinski definition) is 3. The molecule has 0 spiro atoms. The van der Waals surface area contributed by atoms with Crippen molar-refractivity contribution in [3.63, 3.8) is 0 Å². The van der Waals surface area contributed by atoms with E-state index in [2.05, 4.69) is 4.74 Å². The number of ether oxygens (including phenoxy) is 1. The van der Waals surface area contributed by atoms with E-state index in [9.17, 15) is 9.59 Å². The molecule has 0 saturated heterocycles. The summed E-state index contributed by atoms with van der Waals surface area (Å²) in [5.41, 5.74) is 0.425. The third-order valence-corrected chi connectivity index (χ3v) is 2.96. The molecule has 1 atom stereocenters. The average molecular weight is 277 g/mol. The van der Waals surface area contributed by atoms with Crippen molar-refractivity contribution in [2.75, 3.05) is 7.11 Å². The summed E-state index contributed by atoms with van der Waals surface area (Å²) >= 11 is 11.8. The minimum absolute atomic E-state index is 0.0967. The maximum Gasteiger partial charge on any atom is 0.320 e. The Hall–Kier alpha value is -1.26. The fraction of sp³-hybridized carbons (Fsp3) is 0.273. The highest BCUT2D eigenvalue weighted by molar-refractivity contribution is 6.36. The standard InChI is InChI=1S/C11H10Cl2O4/c1-17-11(16)7(10(14)15)5-6-8(12)3-2-4-9(6)13/h2-4,7H,5H2,1H3,(H,14,15). The zero-order chi connectivity index (χ0) is 13.0. The first-order valence-corrected chi connectivity index (χ1v) is 5.46. The smallest absolute Gasteiger partial charge is 0.320 e. The first-order valence-electron chi connectivity index (χ1n) is 4.71. The van der Waals surface area contributed by atoms with Crippen molar-refractivity contribution in [3.8, 4) is 0 Å². The maximum absolute atomic E-state index is 11.3. The van der Waals surface area contributed by atoms with Gasteiger partial charge in [0.15, 0.2) is 5.92 Å². The molecule has 1 aromatic rings. The van der Waals surface area contributed by atoms with Gasteiger partial charge in [-0.15, -0.1) is 0 Å². The number of methoxy groups -OCH3 is 1. The predicted molar refractivity (Wildman–Crippen MR) is 63.3 cm³/mol. The highest BCUT2D eigenvalue weighted by atomic mass is 35.5. The van der Waals surface area contributed by atoms with Crippen molar-refractivity contribution in [2.24, 2.45) is 5.92 Å². The van der Waals surface area contributed by atoms with Crippen LogP contribution in [0.2, 0.25) is 10.0 Å². The summed E-state index contributed by atoms with van der Waals surface area (Å²) in [6.07, 6.45) is -0.0967. The quantitative estimate of drug-likeness (QED) is 0.678. The zero-order valence-electron chi connectivity index (χ0n) is 8.94. The number of halogens is 2. The molecule has 0 aliphatic rings. The lowest BCUT2D eigenvalue weighted by Crippen LogP contribution is -2.27. The van der Waals surface area contributed by atoms with E-state index in [0.717, 1.165) is 7.11 Å². The number of carbonyl (C=O) groups is 2. The average Bonchev–Trinajstić information content (AvgIpc) is 2.27. The molecule has 1 aromatic carbocycles. The maximum atomic E-state index is 11.3. The summed E-state index contributed by atoms with van der Waals surface area (Å²) in [5.74, 6) is -3.40. The second-order valence-electron chi connectivity index (χ2n) is 3.32. The van der Waals surface area contributed by atoms with Crippen LogP contribution in [0.1, 0.15) is 5.56 Å². The fourth-order valence-electron chi connectivity index (χ4n) is 1.35. The van der Waals surface area contributed by atoms with Gasteiger partial charge in [0.1, 0.15) is 0 Å².